The predicted molar refractivity (Wildman–Crippen MR) is 74.0 cm³/mol. The van der Waals surface area contributed by atoms with Crippen LogP contribution in [0.4, 0.5) is 5.69 Å². The van der Waals surface area contributed by atoms with E-state index in [1.54, 1.807) is 0 Å². The third-order valence-corrected chi connectivity index (χ3v) is 2.72. The molecule has 1 amide bonds. The van der Waals surface area contributed by atoms with Gasteiger partial charge in [-0.2, -0.15) is 0 Å². The lowest BCUT2D eigenvalue weighted by molar-refractivity contribution is -0.117. The Hall–Kier alpha value is -2.31. The summed E-state index contributed by atoms with van der Waals surface area (Å²) in [6.45, 7) is 0. The van der Waals surface area contributed by atoms with E-state index in [0.717, 1.165) is 16.5 Å². The molecule has 0 aromatic heterocycles. The number of hydrogen-bond acceptors (Lipinski definition) is 2. The lowest BCUT2D eigenvalue weighted by Gasteiger charge is -2.11. The van der Waals surface area contributed by atoms with Crippen LogP contribution in [0.1, 0.15) is 6.42 Å². The van der Waals surface area contributed by atoms with E-state index < -0.39 is 6.04 Å². The van der Waals surface area contributed by atoms with Gasteiger partial charge in [-0.15, -0.1) is 12.3 Å². The molecule has 3 nitrogen and oxygen atoms in total. The average Bonchev–Trinajstić information content (AvgIpc) is 2.39. The van der Waals surface area contributed by atoms with Crippen LogP contribution in [0.3, 0.4) is 0 Å². The molecular formula is C15H14N2O. The number of anilines is 1. The molecule has 0 spiro atoms. The van der Waals surface area contributed by atoms with Gasteiger partial charge in [0.1, 0.15) is 0 Å². The zero-order valence-electron chi connectivity index (χ0n) is 9.89. The minimum atomic E-state index is -0.672. The second-order valence-electron chi connectivity index (χ2n) is 4.03. The minimum absolute atomic E-state index is 0.233. The van der Waals surface area contributed by atoms with Gasteiger partial charge in [0.25, 0.3) is 0 Å². The van der Waals surface area contributed by atoms with Gasteiger partial charge in [0, 0.05) is 17.5 Å². The standard InChI is InChI=1S/C15H14N2O/c1-2-6-13(16)15(18)17-14-10-5-8-11-7-3-4-9-12(11)14/h1,3-5,7-10,13H,6,16H2,(H,17,18). The van der Waals surface area contributed by atoms with Crippen LogP contribution < -0.4 is 11.1 Å². The maximum atomic E-state index is 11.8. The van der Waals surface area contributed by atoms with Crippen molar-refractivity contribution in [1.29, 1.82) is 0 Å². The number of nitrogens with two attached hydrogens (primary N) is 1. The van der Waals surface area contributed by atoms with Crippen LogP contribution in [-0.2, 0) is 4.79 Å². The number of terminal acetylenes is 1. The first kappa shape index (κ1) is 12.2. The molecule has 0 bridgehead atoms. The van der Waals surface area contributed by atoms with Crippen LogP contribution in [0, 0.1) is 12.3 Å². The van der Waals surface area contributed by atoms with Crippen molar-refractivity contribution < 1.29 is 4.79 Å². The van der Waals surface area contributed by atoms with E-state index in [-0.39, 0.29) is 12.3 Å². The van der Waals surface area contributed by atoms with Crippen LogP contribution in [0.15, 0.2) is 42.5 Å². The largest absolute Gasteiger partial charge is 0.324 e. The number of benzene rings is 2. The van der Waals surface area contributed by atoms with E-state index in [0.29, 0.717) is 0 Å². The van der Waals surface area contributed by atoms with Crippen LogP contribution in [0.2, 0.25) is 0 Å². The molecule has 1 atom stereocenters. The molecule has 2 aromatic carbocycles. The molecule has 0 heterocycles. The molecule has 3 heteroatoms. The maximum Gasteiger partial charge on any atom is 0.242 e. The highest BCUT2D eigenvalue weighted by molar-refractivity contribution is 6.03. The predicted octanol–water partition coefficient (Wildman–Crippen LogP) is 2.13. The summed E-state index contributed by atoms with van der Waals surface area (Å²) in [5, 5.41) is 4.87. The summed E-state index contributed by atoms with van der Waals surface area (Å²) in [7, 11) is 0. The minimum Gasteiger partial charge on any atom is -0.324 e. The Labute approximate surface area is 106 Å². The fourth-order valence-electron chi connectivity index (χ4n) is 1.78. The van der Waals surface area contributed by atoms with Crippen molar-refractivity contribution in [3.63, 3.8) is 0 Å². The van der Waals surface area contributed by atoms with E-state index in [2.05, 4.69) is 11.2 Å². The fraction of sp³-hybridized carbons (Fsp3) is 0.133. The first-order valence-electron chi connectivity index (χ1n) is 5.70. The highest BCUT2D eigenvalue weighted by Gasteiger charge is 2.13. The van der Waals surface area contributed by atoms with E-state index in [1.807, 2.05) is 42.5 Å². The van der Waals surface area contributed by atoms with Gasteiger partial charge in [-0.3, -0.25) is 4.79 Å². The Bertz CT molecular complexity index is 608. The first-order valence-corrected chi connectivity index (χ1v) is 5.70. The molecular weight excluding hydrogens is 224 g/mol. The number of fused-ring (bicyclic) bond motifs is 1. The quantitative estimate of drug-likeness (QED) is 0.805. The van der Waals surface area contributed by atoms with Crippen molar-refractivity contribution in [1.82, 2.24) is 0 Å². The highest BCUT2D eigenvalue weighted by Crippen LogP contribution is 2.22. The monoisotopic (exact) mass is 238 g/mol. The van der Waals surface area contributed by atoms with Gasteiger partial charge in [-0.25, -0.2) is 0 Å². The van der Waals surface area contributed by atoms with Gasteiger partial charge in [-0.05, 0) is 11.5 Å². The van der Waals surface area contributed by atoms with E-state index >= 15 is 0 Å². The van der Waals surface area contributed by atoms with Crippen molar-refractivity contribution in [3.8, 4) is 12.3 Å². The number of rotatable bonds is 3. The summed E-state index contributed by atoms with van der Waals surface area (Å²) in [4.78, 5) is 11.8. The van der Waals surface area contributed by atoms with Gasteiger partial charge in [-0.1, -0.05) is 36.4 Å². The molecule has 0 fully saturated rings. The molecule has 0 aliphatic carbocycles. The summed E-state index contributed by atoms with van der Waals surface area (Å²) in [6.07, 6.45) is 5.37. The van der Waals surface area contributed by atoms with Crippen LogP contribution in [0.25, 0.3) is 10.8 Å². The van der Waals surface area contributed by atoms with Gasteiger partial charge >= 0.3 is 0 Å². The molecule has 0 radical (unpaired) electrons. The van der Waals surface area contributed by atoms with Gasteiger partial charge in [0.15, 0.2) is 0 Å². The van der Waals surface area contributed by atoms with E-state index in [4.69, 9.17) is 12.2 Å². The SMILES string of the molecule is C#CCC(N)C(=O)Nc1cccc2ccccc12. The molecule has 2 rings (SSSR count). The van der Waals surface area contributed by atoms with Crippen molar-refractivity contribution in [2.45, 2.75) is 12.5 Å². The Morgan fingerprint density at radius 1 is 1.28 bits per heavy atom. The third-order valence-electron chi connectivity index (χ3n) is 2.72. The Morgan fingerprint density at radius 2 is 2.00 bits per heavy atom. The van der Waals surface area contributed by atoms with E-state index in [9.17, 15) is 4.79 Å². The van der Waals surface area contributed by atoms with Gasteiger partial charge in [0.05, 0.1) is 6.04 Å². The zero-order valence-corrected chi connectivity index (χ0v) is 9.89. The first-order chi connectivity index (χ1) is 8.72. The summed E-state index contributed by atoms with van der Waals surface area (Å²) in [6, 6.07) is 12.9. The lowest BCUT2D eigenvalue weighted by Crippen LogP contribution is -2.35. The van der Waals surface area contributed by atoms with Gasteiger partial charge in [0.2, 0.25) is 5.91 Å². The van der Waals surface area contributed by atoms with Crippen LogP contribution in [-0.4, -0.2) is 11.9 Å². The molecule has 90 valence electrons. The number of hydrogen-bond donors (Lipinski definition) is 2. The van der Waals surface area contributed by atoms with Gasteiger partial charge < -0.3 is 11.1 Å². The zero-order chi connectivity index (χ0) is 13.0. The lowest BCUT2D eigenvalue weighted by atomic mass is 10.1. The molecule has 3 N–H and O–H groups in total. The number of carbonyl (C=O) groups is 1. The number of carbonyl (C=O) groups excluding carboxylic acids is 1. The summed E-state index contributed by atoms with van der Waals surface area (Å²) in [5.74, 6) is 2.13. The normalized spacial score (nSPS) is 11.8. The molecule has 0 aliphatic heterocycles. The smallest absolute Gasteiger partial charge is 0.242 e. The van der Waals surface area contributed by atoms with Crippen molar-refractivity contribution >= 4 is 22.4 Å². The Kier molecular flexibility index (Phi) is 3.61. The number of amides is 1. The molecule has 0 saturated carbocycles. The second kappa shape index (κ2) is 5.35. The van der Waals surface area contributed by atoms with Crippen molar-refractivity contribution in [2.24, 2.45) is 5.73 Å². The Morgan fingerprint density at radius 3 is 2.78 bits per heavy atom. The summed E-state index contributed by atoms with van der Waals surface area (Å²) >= 11 is 0. The molecule has 1 unspecified atom stereocenters. The highest BCUT2D eigenvalue weighted by atomic mass is 16.2. The summed E-state index contributed by atoms with van der Waals surface area (Å²) in [5.41, 5.74) is 6.42. The molecule has 0 aliphatic rings. The molecule has 18 heavy (non-hydrogen) atoms. The second-order valence-corrected chi connectivity index (χ2v) is 4.03. The average molecular weight is 238 g/mol. The van der Waals surface area contributed by atoms with Crippen LogP contribution in [0.5, 0.6) is 0 Å². The van der Waals surface area contributed by atoms with Crippen molar-refractivity contribution in [2.75, 3.05) is 5.32 Å². The number of nitrogens with one attached hydrogen (secondary N) is 1. The Balaban J connectivity index is 2.27. The fourth-order valence-corrected chi connectivity index (χ4v) is 1.78. The van der Waals surface area contributed by atoms with Crippen LogP contribution >= 0.6 is 0 Å². The molecule has 2 aromatic rings. The third kappa shape index (κ3) is 2.50. The molecule has 0 saturated heterocycles. The summed E-state index contributed by atoms with van der Waals surface area (Å²) < 4.78 is 0. The van der Waals surface area contributed by atoms with Crippen molar-refractivity contribution in [3.05, 3.63) is 42.5 Å². The maximum absolute atomic E-state index is 11.8. The van der Waals surface area contributed by atoms with E-state index in [1.165, 1.54) is 0 Å². The topological polar surface area (TPSA) is 55.1 Å².